The largest absolute Gasteiger partial charge is 0.371 e. The lowest BCUT2D eigenvalue weighted by Crippen LogP contribution is -2.37. The summed E-state index contributed by atoms with van der Waals surface area (Å²) in [4.78, 5) is 17.6. The molecule has 3 fully saturated rings. The molecule has 9 heteroatoms. The number of carbonyl (C=O) groups is 1. The van der Waals surface area contributed by atoms with Crippen molar-refractivity contribution in [1.29, 1.82) is 5.26 Å². The average Bonchev–Trinajstić information content (AvgIpc) is 3.28. The van der Waals surface area contributed by atoms with Gasteiger partial charge in [-0.25, -0.2) is 9.20 Å². The molecule has 2 saturated heterocycles. The van der Waals surface area contributed by atoms with Gasteiger partial charge in [-0.15, -0.1) is 0 Å². The number of hydrogen-bond donors (Lipinski definition) is 0. The lowest BCUT2D eigenvalue weighted by Gasteiger charge is -2.29. The number of anilines is 1. The van der Waals surface area contributed by atoms with Crippen molar-refractivity contribution >= 4 is 17.1 Å². The molecule has 0 N–H and O–H groups in total. The number of amides is 1. The third kappa shape index (κ3) is 3.09. The predicted molar refractivity (Wildman–Crippen MR) is 121 cm³/mol. The molecule has 5 heterocycles. The quantitative estimate of drug-likeness (QED) is 0.613. The molecule has 0 bridgehead atoms. The second kappa shape index (κ2) is 7.40. The first-order valence-corrected chi connectivity index (χ1v) is 11.6. The van der Waals surface area contributed by atoms with E-state index in [-0.39, 0.29) is 23.8 Å². The van der Waals surface area contributed by atoms with Crippen molar-refractivity contribution in [2.24, 2.45) is 17.3 Å². The van der Waals surface area contributed by atoms with Gasteiger partial charge in [0.25, 0.3) is 0 Å². The van der Waals surface area contributed by atoms with Crippen LogP contribution in [-0.2, 0) is 9.53 Å². The van der Waals surface area contributed by atoms with Crippen LogP contribution in [0.15, 0.2) is 36.9 Å². The van der Waals surface area contributed by atoms with Crippen LogP contribution in [0.1, 0.15) is 31.4 Å². The summed E-state index contributed by atoms with van der Waals surface area (Å²) in [6.07, 6.45) is 9.38. The maximum atomic E-state index is 13.5. The van der Waals surface area contributed by atoms with Crippen molar-refractivity contribution in [2.75, 3.05) is 38.2 Å². The molecule has 0 aromatic carbocycles. The van der Waals surface area contributed by atoms with Crippen molar-refractivity contribution in [3.8, 4) is 11.8 Å². The Hall–Kier alpha value is -3.22. The Morgan fingerprint density at radius 1 is 1.24 bits per heavy atom. The predicted octanol–water partition coefficient (Wildman–Crippen LogP) is 2.43. The second-order valence-corrected chi connectivity index (χ2v) is 9.66. The summed E-state index contributed by atoms with van der Waals surface area (Å²) >= 11 is 0. The van der Waals surface area contributed by atoms with E-state index in [9.17, 15) is 10.1 Å². The summed E-state index contributed by atoms with van der Waals surface area (Å²) in [7, 11) is 2.10. The monoisotopic (exact) mass is 445 g/mol. The van der Waals surface area contributed by atoms with Crippen LogP contribution in [0.25, 0.3) is 11.2 Å². The summed E-state index contributed by atoms with van der Waals surface area (Å²) < 4.78 is 9.52. The van der Waals surface area contributed by atoms with Crippen molar-refractivity contribution in [1.82, 2.24) is 24.3 Å². The molecular formula is C24H27N7O2. The molecule has 3 aromatic rings. The molecule has 3 aliphatic rings. The van der Waals surface area contributed by atoms with E-state index < -0.39 is 5.41 Å². The summed E-state index contributed by atoms with van der Waals surface area (Å²) in [5, 5.41) is 19.0. The molecule has 6 rings (SSSR count). The van der Waals surface area contributed by atoms with E-state index in [0.29, 0.717) is 13.2 Å². The van der Waals surface area contributed by atoms with E-state index in [1.807, 2.05) is 42.3 Å². The van der Waals surface area contributed by atoms with Gasteiger partial charge in [0.05, 0.1) is 48.1 Å². The zero-order chi connectivity index (χ0) is 22.7. The minimum Gasteiger partial charge on any atom is -0.371 e. The molecular weight excluding hydrogens is 418 g/mol. The molecule has 0 radical (unpaired) electrons. The third-order valence-corrected chi connectivity index (χ3v) is 7.51. The molecule has 3 aromatic heterocycles. The summed E-state index contributed by atoms with van der Waals surface area (Å²) in [5.41, 5.74) is 2.61. The average molecular weight is 446 g/mol. The number of nitriles is 1. The number of ether oxygens (including phenoxy) is 1. The highest BCUT2D eigenvalue weighted by Crippen LogP contribution is 2.54. The van der Waals surface area contributed by atoms with Crippen molar-refractivity contribution in [2.45, 2.75) is 25.9 Å². The summed E-state index contributed by atoms with van der Waals surface area (Å²) in [6.45, 7) is 5.06. The van der Waals surface area contributed by atoms with Gasteiger partial charge in [-0.3, -0.25) is 4.79 Å². The zero-order valence-electron chi connectivity index (χ0n) is 18.9. The van der Waals surface area contributed by atoms with Crippen LogP contribution in [0.4, 0.5) is 5.69 Å². The van der Waals surface area contributed by atoms with Crippen LogP contribution in [0.2, 0.25) is 0 Å². The minimum absolute atomic E-state index is 0.00699. The van der Waals surface area contributed by atoms with Gasteiger partial charge in [0, 0.05) is 43.5 Å². The fraction of sp³-hybridized carbons (Fsp3) is 0.500. The molecule has 0 spiro atoms. The van der Waals surface area contributed by atoms with Crippen LogP contribution in [0, 0.1) is 28.6 Å². The normalized spacial score (nSPS) is 28.5. The molecule has 9 nitrogen and oxygen atoms in total. The second-order valence-electron chi connectivity index (χ2n) is 9.66. The Balaban J connectivity index is 1.34. The van der Waals surface area contributed by atoms with Gasteiger partial charge in [-0.2, -0.15) is 15.5 Å². The minimum atomic E-state index is -0.903. The van der Waals surface area contributed by atoms with Gasteiger partial charge in [-0.1, -0.05) is 6.92 Å². The standard InChI is InChI=1S/C24H27N7O2/c1-16-11-29(23(32)24(16,15-25)18-3-4-18)20-5-6-26-31-13-19(9-21(20)31)30-12-17(10-27-30)22-14-28(2)7-8-33-22/h5-6,9-10,12-13,16,18,22H,3-4,7-8,11,14H2,1-2H3/t16-,22+,24+/m1/s1. The van der Waals surface area contributed by atoms with Crippen molar-refractivity contribution in [3.05, 3.63) is 42.5 Å². The Bertz CT molecular complexity index is 1270. The SMILES string of the molecule is C[C@@H]1CN(c2ccnn3cc(-n4cc([C@@H]5CN(C)CCO5)cn4)cc23)C(=O)[C@]1(C#N)C1CC1. The van der Waals surface area contributed by atoms with Gasteiger partial charge in [-0.05, 0) is 37.9 Å². The number of rotatable bonds is 4. The maximum Gasteiger partial charge on any atom is 0.248 e. The lowest BCUT2D eigenvalue weighted by atomic mass is 9.75. The highest BCUT2D eigenvalue weighted by molar-refractivity contribution is 6.05. The first-order chi connectivity index (χ1) is 16.0. The Morgan fingerprint density at radius 2 is 2.09 bits per heavy atom. The number of morpholine rings is 1. The van der Waals surface area contributed by atoms with E-state index >= 15 is 0 Å². The fourth-order valence-corrected chi connectivity index (χ4v) is 5.47. The Kier molecular flexibility index (Phi) is 4.57. The smallest absolute Gasteiger partial charge is 0.248 e. The zero-order valence-corrected chi connectivity index (χ0v) is 18.9. The van der Waals surface area contributed by atoms with E-state index in [4.69, 9.17) is 4.74 Å². The number of carbonyl (C=O) groups excluding carboxylic acids is 1. The van der Waals surface area contributed by atoms with Crippen LogP contribution < -0.4 is 4.90 Å². The van der Waals surface area contributed by atoms with Gasteiger partial charge in [0.2, 0.25) is 5.91 Å². The molecule has 1 aliphatic carbocycles. The molecule has 1 amide bonds. The summed E-state index contributed by atoms with van der Waals surface area (Å²) in [6, 6.07) is 6.27. The molecule has 1 saturated carbocycles. The molecule has 33 heavy (non-hydrogen) atoms. The molecule has 0 unspecified atom stereocenters. The number of likely N-dealkylation sites (N-methyl/N-ethyl adjacent to an activating group) is 1. The molecule has 3 atom stereocenters. The van der Waals surface area contributed by atoms with Crippen LogP contribution in [0.5, 0.6) is 0 Å². The maximum absolute atomic E-state index is 13.5. The lowest BCUT2D eigenvalue weighted by molar-refractivity contribution is -0.124. The van der Waals surface area contributed by atoms with E-state index in [0.717, 1.165) is 48.4 Å². The third-order valence-electron chi connectivity index (χ3n) is 7.51. The first kappa shape index (κ1) is 20.4. The van der Waals surface area contributed by atoms with Gasteiger partial charge < -0.3 is 14.5 Å². The topological polar surface area (TPSA) is 91.7 Å². The summed E-state index contributed by atoms with van der Waals surface area (Å²) in [5.74, 6) is 0.0991. The van der Waals surface area contributed by atoms with E-state index in [1.165, 1.54) is 0 Å². The Morgan fingerprint density at radius 3 is 2.85 bits per heavy atom. The molecule has 170 valence electrons. The molecule has 2 aliphatic heterocycles. The van der Waals surface area contributed by atoms with Crippen LogP contribution in [-0.4, -0.2) is 63.5 Å². The van der Waals surface area contributed by atoms with E-state index in [1.54, 1.807) is 15.6 Å². The van der Waals surface area contributed by atoms with Gasteiger partial charge in [0.1, 0.15) is 5.41 Å². The van der Waals surface area contributed by atoms with Gasteiger partial charge in [0.15, 0.2) is 0 Å². The van der Waals surface area contributed by atoms with Crippen molar-refractivity contribution < 1.29 is 9.53 Å². The van der Waals surface area contributed by atoms with Gasteiger partial charge >= 0.3 is 0 Å². The Labute approximate surface area is 192 Å². The highest BCUT2D eigenvalue weighted by Gasteiger charge is 2.61. The van der Waals surface area contributed by atoms with Crippen LogP contribution >= 0.6 is 0 Å². The highest BCUT2D eigenvalue weighted by atomic mass is 16.5. The van der Waals surface area contributed by atoms with Crippen molar-refractivity contribution in [3.63, 3.8) is 0 Å². The number of nitrogens with zero attached hydrogens (tertiary/aromatic N) is 7. The number of hydrogen-bond acceptors (Lipinski definition) is 6. The number of fused-ring (bicyclic) bond motifs is 1. The number of aromatic nitrogens is 4. The van der Waals surface area contributed by atoms with Crippen LogP contribution in [0.3, 0.4) is 0 Å². The van der Waals surface area contributed by atoms with E-state index in [2.05, 4.69) is 28.2 Å². The fourth-order valence-electron chi connectivity index (χ4n) is 5.47. The first-order valence-electron chi connectivity index (χ1n) is 11.6.